The fourth-order valence-corrected chi connectivity index (χ4v) is 6.78. The van der Waals surface area contributed by atoms with Gasteiger partial charge in [-0.25, -0.2) is 13.4 Å². The topological polar surface area (TPSA) is 110 Å². The molecule has 2 fully saturated rings. The number of thiocarbonyl (C=S) groups is 1. The van der Waals surface area contributed by atoms with Gasteiger partial charge in [0.05, 0.1) is 34.6 Å². The maximum Gasteiger partial charge on any atom is 0.267 e. The Morgan fingerprint density at radius 3 is 2.84 bits per heavy atom. The molecule has 1 amide bonds. The molecular weight excluding hydrogens is 472 g/mol. The van der Waals surface area contributed by atoms with E-state index in [1.165, 1.54) is 15.4 Å². The van der Waals surface area contributed by atoms with E-state index in [1.807, 2.05) is 13.0 Å². The largest absolute Gasteiger partial charge is 0.383 e. The molecule has 12 heteroatoms. The van der Waals surface area contributed by atoms with E-state index >= 15 is 0 Å². The summed E-state index contributed by atoms with van der Waals surface area (Å²) in [5.74, 6) is -0.115. The number of anilines is 1. The van der Waals surface area contributed by atoms with Gasteiger partial charge in [-0.05, 0) is 31.1 Å². The second-order valence-electron chi connectivity index (χ2n) is 7.64. The first-order valence-electron chi connectivity index (χ1n) is 9.93. The van der Waals surface area contributed by atoms with Gasteiger partial charge in [0.25, 0.3) is 11.5 Å². The number of carbonyl (C=O) groups is 1. The molecule has 170 valence electrons. The van der Waals surface area contributed by atoms with E-state index in [4.69, 9.17) is 17.0 Å². The summed E-state index contributed by atoms with van der Waals surface area (Å²) in [6.07, 6.45) is 3.53. The summed E-state index contributed by atoms with van der Waals surface area (Å²) in [6, 6.07) is 3.14. The number of fused-ring (bicyclic) bond motifs is 1. The maximum atomic E-state index is 13.3. The Balaban J connectivity index is 1.75. The maximum absolute atomic E-state index is 13.3. The van der Waals surface area contributed by atoms with Gasteiger partial charge < -0.3 is 10.1 Å². The summed E-state index contributed by atoms with van der Waals surface area (Å²) < 4.78 is 30.6. The van der Waals surface area contributed by atoms with Gasteiger partial charge in [0, 0.05) is 19.9 Å². The number of hydrogen-bond acceptors (Lipinski definition) is 9. The van der Waals surface area contributed by atoms with Crippen LogP contribution in [0, 0.1) is 6.92 Å². The predicted molar refractivity (Wildman–Crippen MR) is 129 cm³/mol. The smallest absolute Gasteiger partial charge is 0.267 e. The molecule has 0 aliphatic carbocycles. The van der Waals surface area contributed by atoms with Crippen LogP contribution in [-0.2, 0) is 19.4 Å². The van der Waals surface area contributed by atoms with Crippen molar-refractivity contribution in [3.05, 3.63) is 44.7 Å². The number of rotatable bonds is 6. The molecule has 9 nitrogen and oxygen atoms in total. The highest BCUT2D eigenvalue weighted by Gasteiger charge is 2.42. The summed E-state index contributed by atoms with van der Waals surface area (Å²) in [6.45, 7) is 2.70. The first-order valence-corrected chi connectivity index (χ1v) is 13.0. The summed E-state index contributed by atoms with van der Waals surface area (Å²) in [7, 11) is -1.61. The second kappa shape index (κ2) is 8.93. The number of sulfone groups is 1. The van der Waals surface area contributed by atoms with Gasteiger partial charge in [-0.2, -0.15) is 0 Å². The molecule has 0 aromatic carbocycles. The third kappa shape index (κ3) is 4.45. The highest BCUT2D eigenvalue weighted by atomic mass is 32.2. The standard InChI is InChI=1S/C20H22N4O5S3/c1-12-3-4-16-22-17(21-6-7-29-2)14(18(25)23(16)10-12)9-15-19(26)24(20(30)31-15)13-5-8-32(27,28)11-13/h3-4,9-10,13,21H,5-8,11H2,1-2H3/b15-9+/t13-/m0/s1. The van der Waals surface area contributed by atoms with Gasteiger partial charge in [-0.15, -0.1) is 0 Å². The number of nitrogens with zero attached hydrogens (tertiary/aromatic N) is 3. The van der Waals surface area contributed by atoms with Crippen molar-refractivity contribution < 1.29 is 17.9 Å². The number of methoxy groups -OCH3 is 1. The molecule has 0 unspecified atom stereocenters. The Morgan fingerprint density at radius 1 is 1.38 bits per heavy atom. The Hall–Kier alpha value is -2.28. The lowest BCUT2D eigenvalue weighted by Crippen LogP contribution is -2.39. The zero-order valence-electron chi connectivity index (χ0n) is 17.5. The molecule has 2 saturated heterocycles. The number of thioether (sulfide) groups is 1. The molecule has 1 atom stereocenters. The van der Waals surface area contributed by atoms with Crippen molar-refractivity contribution in [1.82, 2.24) is 14.3 Å². The summed E-state index contributed by atoms with van der Waals surface area (Å²) in [5, 5.41) is 3.10. The first kappa shape index (κ1) is 22.9. The summed E-state index contributed by atoms with van der Waals surface area (Å²) in [4.78, 5) is 32.6. The SMILES string of the molecule is COCCNc1nc2ccc(C)cn2c(=O)c1/C=C1/SC(=S)N([C@H]2CCS(=O)(=O)C2)C1=O. The van der Waals surface area contributed by atoms with Crippen LogP contribution < -0.4 is 10.9 Å². The van der Waals surface area contributed by atoms with Crippen LogP contribution in [0.15, 0.2) is 28.0 Å². The minimum Gasteiger partial charge on any atom is -0.383 e. The van der Waals surface area contributed by atoms with Crippen molar-refractivity contribution in [1.29, 1.82) is 0 Å². The van der Waals surface area contributed by atoms with Gasteiger partial charge in [0.2, 0.25) is 0 Å². The Kier molecular flexibility index (Phi) is 6.39. The number of carbonyl (C=O) groups excluding carboxylic acids is 1. The number of hydrogen-bond donors (Lipinski definition) is 1. The molecule has 2 aliphatic rings. The molecule has 4 heterocycles. The fraction of sp³-hybridized carbons (Fsp3) is 0.400. The van der Waals surface area contributed by atoms with E-state index < -0.39 is 21.8 Å². The van der Waals surface area contributed by atoms with E-state index in [1.54, 1.807) is 19.4 Å². The van der Waals surface area contributed by atoms with Crippen LogP contribution >= 0.6 is 24.0 Å². The molecule has 0 spiro atoms. The lowest BCUT2D eigenvalue weighted by molar-refractivity contribution is -0.123. The van der Waals surface area contributed by atoms with Gasteiger partial charge in [-0.3, -0.25) is 18.9 Å². The third-order valence-corrected chi connectivity index (χ3v) is 8.36. The molecule has 1 N–H and O–H groups in total. The number of nitrogens with one attached hydrogen (secondary N) is 1. The quantitative estimate of drug-likeness (QED) is 0.362. The van der Waals surface area contributed by atoms with Crippen LogP contribution in [0.3, 0.4) is 0 Å². The van der Waals surface area contributed by atoms with Crippen molar-refractivity contribution in [2.75, 3.05) is 37.1 Å². The predicted octanol–water partition coefficient (Wildman–Crippen LogP) is 1.45. The number of amides is 1. The van der Waals surface area contributed by atoms with Crippen molar-refractivity contribution >= 4 is 61.6 Å². The average Bonchev–Trinajstić information content (AvgIpc) is 3.23. The van der Waals surface area contributed by atoms with Crippen LogP contribution in [0.4, 0.5) is 5.82 Å². The van der Waals surface area contributed by atoms with Crippen molar-refractivity contribution in [3.8, 4) is 0 Å². The molecule has 4 rings (SSSR count). The highest BCUT2D eigenvalue weighted by Crippen LogP contribution is 2.36. The Bertz CT molecular complexity index is 1300. The molecule has 2 aromatic heterocycles. The lowest BCUT2D eigenvalue weighted by atomic mass is 10.2. The Morgan fingerprint density at radius 2 is 2.16 bits per heavy atom. The van der Waals surface area contributed by atoms with Gasteiger partial charge in [0.1, 0.15) is 15.8 Å². The van der Waals surface area contributed by atoms with Crippen LogP contribution in [-0.4, -0.2) is 70.7 Å². The van der Waals surface area contributed by atoms with E-state index in [-0.39, 0.29) is 27.5 Å². The third-order valence-electron chi connectivity index (χ3n) is 5.28. The van der Waals surface area contributed by atoms with Crippen LogP contribution in [0.2, 0.25) is 0 Å². The molecule has 32 heavy (non-hydrogen) atoms. The van der Waals surface area contributed by atoms with Crippen LogP contribution in [0.5, 0.6) is 0 Å². The van der Waals surface area contributed by atoms with Crippen LogP contribution in [0.25, 0.3) is 11.7 Å². The highest BCUT2D eigenvalue weighted by molar-refractivity contribution is 8.26. The monoisotopic (exact) mass is 494 g/mol. The van der Waals surface area contributed by atoms with Gasteiger partial charge in [-0.1, -0.05) is 30.0 Å². The summed E-state index contributed by atoms with van der Waals surface area (Å²) in [5.41, 5.74) is 1.26. The normalized spacial score (nSPS) is 21.8. The number of aryl methyl sites for hydroxylation is 1. The zero-order valence-corrected chi connectivity index (χ0v) is 20.0. The molecular formula is C20H22N4O5S3. The number of pyridine rings is 1. The van der Waals surface area contributed by atoms with E-state index in [9.17, 15) is 18.0 Å². The molecule has 0 radical (unpaired) electrons. The summed E-state index contributed by atoms with van der Waals surface area (Å²) >= 11 is 6.43. The van der Waals surface area contributed by atoms with E-state index in [2.05, 4.69) is 10.3 Å². The van der Waals surface area contributed by atoms with Crippen molar-refractivity contribution in [2.24, 2.45) is 0 Å². The first-order chi connectivity index (χ1) is 15.2. The van der Waals surface area contributed by atoms with E-state index in [0.717, 1.165) is 17.3 Å². The van der Waals surface area contributed by atoms with Gasteiger partial charge >= 0.3 is 0 Å². The lowest BCUT2D eigenvalue weighted by Gasteiger charge is -2.20. The van der Waals surface area contributed by atoms with Gasteiger partial charge in [0.15, 0.2) is 9.84 Å². The van der Waals surface area contributed by atoms with E-state index in [0.29, 0.717) is 35.4 Å². The Labute approximate surface area is 194 Å². The van der Waals surface area contributed by atoms with Crippen molar-refractivity contribution in [2.45, 2.75) is 19.4 Å². The van der Waals surface area contributed by atoms with Crippen molar-refractivity contribution in [3.63, 3.8) is 0 Å². The molecule has 2 aromatic rings. The molecule has 0 bridgehead atoms. The fourth-order valence-electron chi connectivity index (χ4n) is 3.70. The minimum atomic E-state index is -3.18. The molecule has 0 saturated carbocycles. The number of aromatic nitrogens is 2. The second-order valence-corrected chi connectivity index (χ2v) is 11.5. The molecule has 2 aliphatic heterocycles. The van der Waals surface area contributed by atoms with Crippen LogP contribution in [0.1, 0.15) is 17.5 Å². The number of ether oxygens (including phenoxy) is 1. The average molecular weight is 495 g/mol. The zero-order chi connectivity index (χ0) is 23.0. The minimum absolute atomic E-state index is 0.0383.